The van der Waals surface area contributed by atoms with Gasteiger partial charge in [0.25, 0.3) is 5.91 Å². The van der Waals surface area contributed by atoms with Crippen LogP contribution in [0, 0.1) is 19.8 Å². The van der Waals surface area contributed by atoms with Crippen LogP contribution in [-0.4, -0.2) is 53.6 Å². The maximum absolute atomic E-state index is 13.5. The van der Waals surface area contributed by atoms with Crippen molar-refractivity contribution in [3.05, 3.63) is 47.3 Å². The van der Waals surface area contributed by atoms with E-state index in [1.807, 2.05) is 37.6 Å². The SMILES string of the molecule is Cc1cc2cc(n1)-c1cnn(C)c1OCCC[C@@H](C)Cn1c(nc3cc(C)c(N=S(C)(C)=O)cc31)NC2=O. The van der Waals surface area contributed by atoms with Crippen molar-refractivity contribution in [2.24, 2.45) is 17.3 Å². The van der Waals surface area contributed by atoms with E-state index in [9.17, 15) is 9.00 Å². The molecule has 0 unspecified atom stereocenters. The van der Waals surface area contributed by atoms with Gasteiger partial charge < -0.3 is 9.30 Å². The van der Waals surface area contributed by atoms with Gasteiger partial charge in [0.1, 0.15) is 0 Å². The first-order valence-corrected chi connectivity index (χ1v) is 14.9. The zero-order valence-corrected chi connectivity index (χ0v) is 23.4. The van der Waals surface area contributed by atoms with E-state index in [-0.39, 0.29) is 11.8 Å². The number of rotatable bonds is 1. The van der Waals surface area contributed by atoms with E-state index >= 15 is 0 Å². The Kier molecular flexibility index (Phi) is 6.72. The molecule has 11 heteroatoms. The van der Waals surface area contributed by atoms with Gasteiger partial charge in [0.15, 0.2) is 0 Å². The molecular weight excluding hydrogens is 502 g/mol. The molecule has 0 aliphatic carbocycles. The van der Waals surface area contributed by atoms with Crippen molar-refractivity contribution in [1.82, 2.24) is 24.3 Å². The number of carbonyl (C=O) groups excluding carboxylic acids is 1. The van der Waals surface area contributed by atoms with Crippen molar-refractivity contribution in [3.63, 3.8) is 0 Å². The molecule has 4 aromatic rings. The summed E-state index contributed by atoms with van der Waals surface area (Å²) in [7, 11) is -0.507. The van der Waals surface area contributed by atoms with E-state index in [0.29, 0.717) is 47.6 Å². The first-order chi connectivity index (χ1) is 18.0. The molecule has 1 amide bonds. The zero-order valence-electron chi connectivity index (χ0n) is 22.6. The van der Waals surface area contributed by atoms with Gasteiger partial charge in [-0.1, -0.05) is 6.92 Å². The average Bonchev–Trinajstić information content (AvgIpc) is 3.34. The fourth-order valence-corrected chi connectivity index (χ4v) is 5.44. The number of nitrogens with one attached hydrogen (secondary N) is 1. The van der Waals surface area contributed by atoms with Crippen LogP contribution in [0.15, 0.2) is 34.8 Å². The molecule has 10 nitrogen and oxygen atoms in total. The summed E-state index contributed by atoms with van der Waals surface area (Å²) in [5.74, 6) is 1.09. The third kappa shape index (κ3) is 5.28. The van der Waals surface area contributed by atoms with Crippen LogP contribution < -0.4 is 10.1 Å². The number of fused-ring (bicyclic) bond motifs is 7. The number of amides is 1. The monoisotopic (exact) mass is 535 g/mol. The minimum Gasteiger partial charge on any atom is -0.477 e. The quantitative estimate of drug-likeness (QED) is 0.372. The first kappa shape index (κ1) is 25.9. The molecule has 2 bridgehead atoms. The molecule has 38 heavy (non-hydrogen) atoms. The lowest BCUT2D eigenvalue weighted by Crippen LogP contribution is -2.18. The lowest BCUT2D eigenvalue weighted by Gasteiger charge is -2.16. The van der Waals surface area contributed by atoms with E-state index in [1.165, 1.54) is 0 Å². The topological polar surface area (TPSA) is 116 Å². The van der Waals surface area contributed by atoms with E-state index < -0.39 is 9.73 Å². The van der Waals surface area contributed by atoms with Crippen LogP contribution in [0.1, 0.15) is 41.4 Å². The number of hydrogen-bond donors (Lipinski definition) is 1. The van der Waals surface area contributed by atoms with Crippen molar-refractivity contribution >= 4 is 38.3 Å². The summed E-state index contributed by atoms with van der Waals surface area (Å²) < 4.78 is 26.8. The molecule has 0 radical (unpaired) electrons. The highest BCUT2D eigenvalue weighted by atomic mass is 32.2. The largest absolute Gasteiger partial charge is 0.477 e. The highest BCUT2D eigenvalue weighted by Crippen LogP contribution is 2.32. The molecular formula is C27H33N7O3S. The maximum atomic E-state index is 13.5. The second-order valence-corrected chi connectivity index (χ2v) is 12.9. The van der Waals surface area contributed by atoms with Crippen molar-refractivity contribution in [1.29, 1.82) is 0 Å². The molecule has 0 saturated carbocycles. The molecule has 3 aromatic heterocycles. The lowest BCUT2D eigenvalue weighted by molar-refractivity contribution is 0.102. The number of aryl methyl sites for hydroxylation is 3. The molecule has 1 atom stereocenters. The first-order valence-electron chi connectivity index (χ1n) is 12.6. The van der Waals surface area contributed by atoms with Crippen LogP contribution in [0.5, 0.6) is 5.88 Å². The van der Waals surface area contributed by atoms with E-state index in [0.717, 1.165) is 35.0 Å². The van der Waals surface area contributed by atoms with Crippen molar-refractivity contribution in [2.45, 2.75) is 40.2 Å². The number of carbonyl (C=O) groups is 1. The van der Waals surface area contributed by atoms with Gasteiger partial charge >= 0.3 is 0 Å². The third-order valence-electron chi connectivity index (χ3n) is 6.56. The third-order valence-corrected chi connectivity index (χ3v) is 7.20. The molecule has 1 aliphatic rings. The molecule has 200 valence electrons. The minimum atomic E-state index is -2.34. The standard InChI is InChI=1S/C27H33N7O3S/c1-16-8-7-9-37-26-20(14-28-33(26)4)22-12-19(11-18(3)29-22)25(35)31-27-30-23-10-17(2)21(32-38(5,6)36)13-24(23)34(27)15-16/h10-14,16H,7-9,15H2,1-6H3,(H,30,31,35)/t16-/m1/s1. The highest BCUT2D eigenvalue weighted by molar-refractivity contribution is 7.92. The Bertz CT molecular complexity index is 1670. The zero-order chi connectivity index (χ0) is 27.2. The Labute approximate surface area is 222 Å². The predicted octanol–water partition coefficient (Wildman–Crippen LogP) is 4.87. The van der Waals surface area contributed by atoms with Gasteiger partial charge in [-0.2, -0.15) is 9.46 Å². The molecule has 0 fully saturated rings. The van der Waals surface area contributed by atoms with Crippen LogP contribution in [-0.2, 0) is 23.3 Å². The van der Waals surface area contributed by atoms with E-state index in [1.54, 1.807) is 35.5 Å². The number of benzene rings is 1. The molecule has 1 aromatic carbocycles. The summed E-state index contributed by atoms with van der Waals surface area (Å²) in [6, 6.07) is 7.36. The molecule has 5 rings (SSSR count). The normalized spacial score (nSPS) is 16.6. The van der Waals surface area contributed by atoms with Crippen molar-refractivity contribution in [3.8, 4) is 17.1 Å². The van der Waals surface area contributed by atoms with Crippen molar-refractivity contribution < 1.29 is 13.7 Å². The number of anilines is 1. The number of ether oxygens (including phenoxy) is 1. The van der Waals surface area contributed by atoms with Gasteiger partial charge in [-0.25, -0.2) is 13.9 Å². The minimum absolute atomic E-state index is 0.274. The molecule has 0 saturated heterocycles. The van der Waals surface area contributed by atoms with Crippen LogP contribution in [0.4, 0.5) is 11.6 Å². The summed E-state index contributed by atoms with van der Waals surface area (Å²) in [6.45, 7) is 7.13. The molecule has 0 spiro atoms. The summed E-state index contributed by atoms with van der Waals surface area (Å²) in [5, 5.41) is 7.40. The highest BCUT2D eigenvalue weighted by Gasteiger charge is 2.21. The van der Waals surface area contributed by atoms with E-state index in [4.69, 9.17) is 9.72 Å². The molecule has 1 aliphatic heterocycles. The Hall–Kier alpha value is -3.73. The number of nitrogens with zero attached hydrogens (tertiary/aromatic N) is 6. The Balaban J connectivity index is 1.64. The van der Waals surface area contributed by atoms with Crippen LogP contribution in [0.2, 0.25) is 0 Å². The Morgan fingerprint density at radius 3 is 2.71 bits per heavy atom. The summed E-state index contributed by atoms with van der Waals surface area (Å²) in [6.07, 6.45) is 6.71. The second-order valence-electron chi connectivity index (χ2n) is 10.4. The van der Waals surface area contributed by atoms with Gasteiger partial charge in [0.05, 0.1) is 40.8 Å². The summed E-state index contributed by atoms with van der Waals surface area (Å²) in [4.78, 5) is 23.0. The van der Waals surface area contributed by atoms with Gasteiger partial charge in [-0.05, 0) is 62.4 Å². The van der Waals surface area contributed by atoms with Gasteiger partial charge in [0, 0.05) is 47.1 Å². The molecule has 1 N–H and O–H groups in total. The Morgan fingerprint density at radius 1 is 1.16 bits per heavy atom. The molecule has 4 heterocycles. The second kappa shape index (κ2) is 9.86. The van der Waals surface area contributed by atoms with Gasteiger partial charge in [-0.15, -0.1) is 0 Å². The smallest absolute Gasteiger partial charge is 0.258 e. The van der Waals surface area contributed by atoms with Crippen LogP contribution in [0.25, 0.3) is 22.3 Å². The Morgan fingerprint density at radius 2 is 1.95 bits per heavy atom. The number of aromatic nitrogens is 5. The summed E-state index contributed by atoms with van der Waals surface area (Å²) >= 11 is 0. The lowest BCUT2D eigenvalue weighted by atomic mass is 10.1. The average molecular weight is 536 g/mol. The predicted molar refractivity (Wildman–Crippen MR) is 150 cm³/mol. The van der Waals surface area contributed by atoms with Crippen LogP contribution >= 0.6 is 0 Å². The fraction of sp³-hybridized carbons (Fsp3) is 0.407. The maximum Gasteiger partial charge on any atom is 0.258 e. The fourth-order valence-electron chi connectivity index (χ4n) is 4.77. The van der Waals surface area contributed by atoms with Crippen LogP contribution in [0.3, 0.4) is 0 Å². The van der Waals surface area contributed by atoms with Crippen molar-refractivity contribution in [2.75, 3.05) is 24.4 Å². The van der Waals surface area contributed by atoms with E-state index in [2.05, 4.69) is 26.7 Å². The number of pyridine rings is 1. The summed E-state index contributed by atoms with van der Waals surface area (Å²) in [5.41, 5.74) is 5.68. The number of hydrogen-bond acceptors (Lipinski definition) is 7. The number of imidazole rings is 1. The van der Waals surface area contributed by atoms with Gasteiger partial charge in [-0.3, -0.25) is 15.1 Å². The van der Waals surface area contributed by atoms with Gasteiger partial charge in [0.2, 0.25) is 11.8 Å².